The van der Waals surface area contributed by atoms with Crippen molar-refractivity contribution in [1.29, 1.82) is 0 Å². The van der Waals surface area contributed by atoms with Gasteiger partial charge in [0.05, 0.1) is 12.1 Å². The van der Waals surface area contributed by atoms with E-state index in [2.05, 4.69) is 15.6 Å². The van der Waals surface area contributed by atoms with Crippen molar-refractivity contribution in [1.82, 2.24) is 10.3 Å². The smallest absolute Gasteiger partial charge is 0.267 e. The Morgan fingerprint density at radius 2 is 1.92 bits per heavy atom. The fourth-order valence-corrected chi connectivity index (χ4v) is 3.96. The van der Waals surface area contributed by atoms with Gasteiger partial charge in [0.1, 0.15) is 9.88 Å². The molecule has 0 radical (unpaired) electrons. The molecule has 7 heteroatoms. The summed E-state index contributed by atoms with van der Waals surface area (Å²) >= 11 is 2.99. The largest absolute Gasteiger partial charge is 0.359 e. The molecule has 0 bridgehead atoms. The summed E-state index contributed by atoms with van der Waals surface area (Å²) in [6.07, 6.45) is 0.322. The molecule has 25 heavy (non-hydrogen) atoms. The molecule has 0 spiro atoms. The second-order valence-electron chi connectivity index (χ2n) is 5.45. The predicted octanol–water partition coefficient (Wildman–Crippen LogP) is 3.72. The van der Waals surface area contributed by atoms with E-state index in [0.29, 0.717) is 17.0 Å². The van der Waals surface area contributed by atoms with Crippen LogP contribution in [0.4, 0.5) is 5.69 Å². The second kappa shape index (κ2) is 7.58. The van der Waals surface area contributed by atoms with Crippen LogP contribution in [0.5, 0.6) is 0 Å². The molecule has 0 aliphatic heterocycles. The number of carbonyl (C=O) groups is 2. The number of thiazole rings is 1. The maximum absolute atomic E-state index is 12.5. The van der Waals surface area contributed by atoms with Crippen molar-refractivity contribution < 1.29 is 9.59 Å². The lowest BCUT2D eigenvalue weighted by atomic mass is 10.1. The van der Waals surface area contributed by atoms with Crippen LogP contribution in [0.1, 0.15) is 20.9 Å². The average molecular weight is 371 g/mol. The van der Waals surface area contributed by atoms with E-state index in [0.717, 1.165) is 21.8 Å². The van der Waals surface area contributed by atoms with E-state index in [1.807, 2.05) is 35.9 Å². The molecule has 0 saturated carbocycles. The third-order valence-corrected chi connectivity index (χ3v) is 5.51. The highest BCUT2D eigenvalue weighted by Crippen LogP contribution is 2.29. The van der Waals surface area contributed by atoms with Crippen LogP contribution in [0, 0.1) is 6.92 Å². The van der Waals surface area contributed by atoms with Crippen LogP contribution in [0.15, 0.2) is 41.1 Å². The molecule has 0 saturated heterocycles. The molecule has 2 amide bonds. The predicted molar refractivity (Wildman–Crippen MR) is 102 cm³/mol. The van der Waals surface area contributed by atoms with E-state index in [-0.39, 0.29) is 11.8 Å². The summed E-state index contributed by atoms with van der Waals surface area (Å²) in [5.41, 5.74) is 3.34. The number of benzene rings is 1. The van der Waals surface area contributed by atoms with Crippen molar-refractivity contribution in [3.05, 3.63) is 57.2 Å². The first kappa shape index (κ1) is 17.3. The molecule has 5 nitrogen and oxygen atoms in total. The Morgan fingerprint density at radius 3 is 2.56 bits per heavy atom. The van der Waals surface area contributed by atoms with E-state index in [1.165, 1.54) is 11.3 Å². The molecule has 2 heterocycles. The van der Waals surface area contributed by atoms with E-state index in [4.69, 9.17) is 0 Å². The lowest BCUT2D eigenvalue weighted by molar-refractivity contribution is -0.119. The minimum atomic E-state index is -0.171. The Hall–Kier alpha value is -2.51. The van der Waals surface area contributed by atoms with Gasteiger partial charge in [-0.25, -0.2) is 4.98 Å². The molecular formula is C18H17N3O2S2. The number of hydrogen-bond acceptors (Lipinski definition) is 5. The Morgan fingerprint density at radius 1 is 1.16 bits per heavy atom. The molecule has 3 aromatic rings. The lowest BCUT2D eigenvalue weighted by Gasteiger charge is -2.06. The third-order valence-electron chi connectivity index (χ3n) is 3.63. The van der Waals surface area contributed by atoms with E-state index in [1.54, 1.807) is 30.5 Å². The van der Waals surface area contributed by atoms with Crippen LogP contribution < -0.4 is 10.6 Å². The summed E-state index contributed by atoms with van der Waals surface area (Å²) in [5, 5.41) is 10.3. The van der Waals surface area contributed by atoms with Gasteiger partial charge in [-0.15, -0.1) is 11.3 Å². The summed E-state index contributed by atoms with van der Waals surface area (Å²) in [4.78, 5) is 29.0. The van der Waals surface area contributed by atoms with Gasteiger partial charge in [0, 0.05) is 23.7 Å². The number of thiophene rings is 1. The first-order chi connectivity index (χ1) is 12.1. The summed E-state index contributed by atoms with van der Waals surface area (Å²) in [7, 11) is 1.61. The topological polar surface area (TPSA) is 71.1 Å². The lowest BCUT2D eigenvalue weighted by Crippen LogP contribution is -2.19. The van der Waals surface area contributed by atoms with Crippen molar-refractivity contribution in [3.8, 4) is 10.6 Å². The normalized spacial score (nSPS) is 10.5. The first-order valence-electron chi connectivity index (χ1n) is 7.67. The van der Waals surface area contributed by atoms with Gasteiger partial charge in [-0.3, -0.25) is 9.59 Å². The average Bonchev–Trinajstić information content (AvgIpc) is 3.26. The molecule has 0 aliphatic rings. The molecule has 0 aliphatic carbocycles. The molecule has 0 atom stereocenters. The van der Waals surface area contributed by atoms with E-state index in [9.17, 15) is 9.59 Å². The van der Waals surface area contributed by atoms with Gasteiger partial charge in [-0.1, -0.05) is 12.1 Å². The van der Waals surface area contributed by atoms with E-state index < -0.39 is 0 Å². The third kappa shape index (κ3) is 4.12. The molecule has 0 unspecified atom stereocenters. The zero-order chi connectivity index (χ0) is 17.8. The number of aromatic nitrogens is 1. The van der Waals surface area contributed by atoms with Gasteiger partial charge in [0.25, 0.3) is 5.91 Å². The molecule has 0 fully saturated rings. The number of anilines is 1. The van der Waals surface area contributed by atoms with Crippen molar-refractivity contribution >= 4 is 40.2 Å². The molecule has 1 aromatic carbocycles. The van der Waals surface area contributed by atoms with E-state index >= 15 is 0 Å². The summed E-state index contributed by atoms with van der Waals surface area (Å²) in [6.45, 7) is 1.84. The zero-order valence-corrected chi connectivity index (χ0v) is 15.5. The highest BCUT2D eigenvalue weighted by atomic mass is 32.1. The van der Waals surface area contributed by atoms with Crippen LogP contribution in [-0.4, -0.2) is 23.8 Å². The van der Waals surface area contributed by atoms with Gasteiger partial charge < -0.3 is 10.6 Å². The number of nitrogens with zero attached hydrogens (tertiary/aromatic N) is 1. The Balaban J connectivity index is 1.71. The highest BCUT2D eigenvalue weighted by Gasteiger charge is 2.16. The number of nitrogens with one attached hydrogen (secondary N) is 2. The maximum Gasteiger partial charge on any atom is 0.267 e. The van der Waals surface area contributed by atoms with Gasteiger partial charge in [0.2, 0.25) is 5.91 Å². The SMILES string of the molecule is CNC(=O)Cc1ccc(NC(=O)c2sc(-c3ccsc3)nc2C)cc1. The number of carbonyl (C=O) groups excluding carboxylic acids is 2. The summed E-state index contributed by atoms with van der Waals surface area (Å²) in [6, 6.07) is 9.26. The number of amides is 2. The fourth-order valence-electron chi connectivity index (χ4n) is 2.28. The van der Waals surface area contributed by atoms with Crippen LogP contribution >= 0.6 is 22.7 Å². The summed E-state index contributed by atoms with van der Waals surface area (Å²) < 4.78 is 0. The number of likely N-dealkylation sites (N-methyl/N-ethyl adjacent to an activating group) is 1. The second-order valence-corrected chi connectivity index (χ2v) is 7.23. The van der Waals surface area contributed by atoms with Gasteiger partial charge >= 0.3 is 0 Å². The van der Waals surface area contributed by atoms with Crippen LogP contribution in [-0.2, 0) is 11.2 Å². The Kier molecular flexibility index (Phi) is 5.25. The Bertz CT molecular complexity index is 884. The van der Waals surface area contributed by atoms with Gasteiger partial charge in [0.15, 0.2) is 0 Å². The first-order valence-corrected chi connectivity index (χ1v) is 9.43. The summed E-state index contributed by atoms with van der Waals surface area (Å²) in [5.74, 6) is -0.214. The standard InChI is InChI=1S/C18H17N3O2S2/c1-11-16(25-18(20-11)13-7-8-24-10-13)17(23)21-14-5-3-12(4-6-14)9-15(22)19-2/h3-8,10H,9H2,1-2H3,(H,19,22)(H,21,23). The van der Waals surface area contributed by atoms with Crippen LogP contribution in [0.2, 0.25) is 0 Å². The molecule has 128 valence electrons. The maximum atomic E-state index is 12.5. The van der Waals surface area contributed by atoms with Gasteiger partial charge in [-0.05, 0) is 36.1 Å². The monoisotopic (exact) mass is 371 g/mol. The van der Waals surface area contributed by atoms with Crippen molar-refractivity contribution in [2.45, 2.75) is 13.3 Å². The molecule has 2 N–H and O–H groups in total. The van der Waals surface area contributed by atoms with Crippen molar-refractivity contribution in [2.75, 3.05) is 12.4 Å². The van der Waals surface area contributed by atoms with Crippen molar-refractivity contribution in [2.24, 2.45) is 0 Å². The minimum absolute atomic E-state index is 0.0435. The minimum Gasteiger partial charge on any atom is -0.359 e. The van der Waals surface area contributed by atoms with Crippen LogP contribution in [0.3, 0.4) is 0 Å². The Labute approximate surface area is 153 Å². The van der Waals surface area contributed by atoms with Gasteiger partial charge in [-0.2, -0.15) is 11.3 Å². The number of hydrogen-bond donors (Lipinski definition) is 2. The number of rotatable bonds is 5. The molecular weight excluding hydrogens is 354 g/mol. The molecule has 2 aromatic heterocycles. The van der Waals surface area contributed by atoms with Crippen LogP contribution in [0.25, 0.3) is 10.6 Å². The highest BCUT2D eigenvalue weighted by molar-refractivity contribution is 7.17. The number of aryl methyl sites for hydroxylation is 1. The van der Waals surface area contributed by atoms with Crippen molar-refractivity contribution in [3.63, 3.8) is 0 Å². The quantitative estimate of drug-likeness (QED) is 0.718. The fraction of sp³-hybridized carbons (Fsp3) is 0.167. The zero-order valence-electron chi connectivity index (χ0n) is 13.8. The molecule has 3 rings (SSSR count).